The summed E-state index contributed by atoms with van der Waals surface area (Å²) in [5.74, 6) is 0.0606. The predicted octanol–water partition coefficient (Wildman–Crippen LogP) is 2.57. The topological polar surface area (TPSA) is 82.9 Å². The number of aromatic nitrogens is 2. The summed E-state index contributed by atoms with van der Waals surface area (Å²) in [6.07, 6.45) is -5.53. The van der Waals surface area contributed by atoms with Crippen molar-refractivity contribution in [2.45, 2.75) is 25.1 Å². The van der Waals surface area contributed by atoms with Crippen molar-refractivity contribution in [2.24, 2.45) is 0 Å². The highest BCUT2D eigenvalue weighted by Crippen LogP contribution is 2.31. The molecule has 21 heavy (non-hydrogen) atoms. The number of halogens is 3. The van der Waals surface area contributed by atoms with Crippen LogP contribution < -0.4 is 0 Å². The van der Waals surface area contributed by atoms with E-state index in [0.717, 1.165) is 12.1 Å². The number of nitriles is 1. The Balaban J connectivity index is 2.20. The normalized spacial score (nSPS) is 12.9. The molecule has 1 N–H and O–H groups in total. The molecule has 2 rings (SSSR count). The highest BCUT2D eigenvalue weighted by molar-refractivity contribution is 5.55. The van der Waals surface area contributed by atoms with E-state index in [-0.39, 0.29) is 30.1 Å². The third kappa shape index (κ3) is 3.79. The van der Waals surface area contributed by atoms with Crippen LogP contribution in [0.2, 0.25) is 0 Å². The average Bonchev–Trinajstić information content (AvgIpc) is 2.86. The summed E-state index contributed by atoms with van der Waals surface area (Å²) < 4.78 is 42.7. The van der Waals surface area contributed by atoms with E-state index in [1.807, 2.05) is 0 Å². The Hall–Kier alpha value is -2.40. The van der Waals surface area contributed by atoms with Gasteiger partial charge in [-0.25, -0.2) is 0 Å². The summed E-state index contributed by atoms with van der Waals surface area (Å²) in [5.41, 5.74) is -0.648. The monoisotopic (exact) mass is 297 g/mol. The van der Waals surface area contributed by atoms with Crippen LogP contribution in [0.5, 0.6) is 0 Å². The fraction of sp³-hybridized carbons (Fsp3) is 0.308. The van der Waals surface area contributed by atoms with Crippen molar-refractivity contribution in [1.82, 2.24) is 10.1 Å². The molecule has 2 aromatic rings. The second-order valence-electron chi connectivity index (χ2n) is 4.31. The zero-order valence-corrected chi connectivity index (χ0v) is 10.6. The van der Waals surface area contributed by atoms with E-state index in [1.165, 1.54) is 12.1 Å². The van der Waals surface area contributed by atoms with Crippen molar-refractivity contribution in [3.63, 3.8) is 0 Å². The predicted molar refractivity (Wildman–Crippen MR) is 64.7 cm³/mol. The molecule has 1 atom stereocenters. The Morgan fingerprint density at radius 2 is 2.14 bits per heavy atom. The van der Waals surface area contributed by atoms with Crippen molar-refractivity contribution in [3.05, 3.63) is 35.7 Å². The van der Waals surface area contributed by atoms with Crippen molar-refractivity contribution >= 4 is 0 Å². The number of aliphatic hydroxyl groups excluding tert-OH is 1. The zero-order valence-electron chi connectivity index (χ0n) is 10.6. The molecule has 0 spiro atoms. The molecule has 8 heteroatoms. The Morgan fingerprint density at radius 3 is 2.81 bits per heavy atom. The molecule has 1 unspecified atom stereocenters. The lowest BCUT2D eigenvalue weighted by atomic mass is 10.1. The molecule has 110 valence electrons. The van der Waals surface area contributed by atoms with Gasteiger partial charge in [0.1, 0.15) is 0 Å². The molecule has 0 bridgehead atoms. The molecule has 0 aliphatic carbocycles. The van der Waals surface area contributed by atoms with E-state index >= 15 is 0 Å². The number of alkyl halides is 3. The summed E-state index contributed by atoms with van der Waals surface area (Å²) in [6, 6.07) is 6.32. The van der Waals surface area contributed by atoms with Gasteiger partial charge in [0.25, 0.3) is 0 Å². The van der Waals surface area contributed by atoms with Crippen LogP contribution in [0, 0.1) is 11.3 Å². The average molecular weight is 297 g/mol. The molecule has 0 radical (unpaired) electrons. The van der Waals surface area contributed by atoms with E-state index in [0.29, 0.717) is 0 Å². The number of hydrogen-bond acceptors (Lipinski definition) is 5. The third-order valence-electron chi connectivity index (χ3n) is 2.65. The summed E-state index contributed by atoms with van der Waals surface area (Å²) in [5, 5.41) is 21.4. The van der Waals surface area contributed by atoms with Crippen LogP contribution in [0.15, 0.2) is 28.8 Å². The zero-order chi connectivity index (χ0) is 15.5. The van der Waals surface area contributed by atoms with Gasteiger partial charge in [0.2, 0.25) is 11.7 Å². The van der Waals surface area contributed by atoms with Gasteiger partial charge in [-0.15, -0.1) is 0 Å². The van der Waals surface area contributed by atoms with Gasteiger partial charge in [-0.1, -0.05) is 17.3 Å². The standard InChI is InChI=1S/C13H10F3N3O2/c14-13(15,16)9-3-1-2-8(6-9)12-18-11(21-19-12)7-10(20)4-5-17/h1-3,6,10,20H,4,7H2. The van der Waals surface area contributed by atoms with Crippen molar-refractivity contribution < 1.29 is 22.8 Å². The molecular formula is C13H10F3N3O2. The second-order valence-corrected chi connectivity index (χ2v) is 4.31. The molecule has 1 aromatic heterocycles. The number of benzene rings is 1. The molecular weight excluding hydrogens is 287 g/mol. The highest BCUT2D eigenvalue weighted by Gasteiger charge is 2.30. The molecule has 0 aliphatic heterocycles. The van der Waals surface area contributed by atoms with Crippen LogP contribution in [0.4, 0.5) is 13.2 Å². The Morgan fingerprint density at radius 1 is 1.38 bits per heavy atom. The molecule has 5 nitrogen and oxygen atoms in total. The smallest absolute Gasteiger partial charge is 0.392 e. The molecule has 0 saturated heterocycles. The molecule has 0 fully saturated rings. The molecule has 0 saturated carbocycles. The second kappa shape index (κ2) is 5.93. The first-order chi connectivity index (χ1) is 9.90. The minimum atomic E-state index is -4.45. The fourth-order valence-corrected chi connectivity index (χ4v) is 1.67. The minimum Gasteiger partial charge on any atom is -0.392 e. The first kappa shape index (κ1) is 15.0. The summed E-state index contributed by atoms with van der Waals surface area (Å²) in [7, 11) is 0. The minimum absolute atomic E-state index is 0.000239. The Bertz CT molecular complexity index is 661. The number of aliphatic hydroxyl groups is 1. The quantitative estimate of drug-likeness (QED) is 0.937. The Labute approximate surface area is 117 Å². The first-order valence-electron chi connectivity index (χ1n) is 5.95. The first-order valence-corrected chi connectivity index (χ1v) is 5.95. The number of hydrogen-bond donors (Lipinski definition) is 1. The maximum absolute atomic E-state index is 12.6. The lowest BCUT2D eigenvalue weighted by Gasteiger charge is -2.06. The third-order valence-corrected chi connectivity index (χ3v) is 2.65. The van der Waals surface area contributed by atoms with Gasteiger partial charge in [-0.3, -0.25) is 0 Å². The lowest BCUT2D eigenvalue weighted by Crippen LogP contribution is -2.09. The highest BCUT2D eigenvalue weighted by atomic mass is 19.4. The van der Waals surface area contributed by atoms with E-state index < -0.39 is 17.8 Å². The van der Waals surface area contributed by atoms with Gasteiger partial charge in [0.15, 0.2) is 0 Å². The van der Waals surface area contributed by atoms with Gasteiger partial charge in [0.05, 0.1) is 30.6 Å². The molecule has 1 heterocycles. The fourth-order valence-electron chi connectivity index (χ4n) is 1.67. The van der Waals surface area contributed by atoms with E-state index in [1.54, 1.807) is 6.07 Å². The summed E-state index contributed by atoms with van der Waals surface area (Å²) in [4.78, 5) is 3.91. The summed E-state index contributed by atoms with van der Waals surface area (Å²) in [6.45, 7) is 0. The molecule has 0 aliphatic rings. The molecule has 0 amide bonds. The van der Waals surface area contributed by atoms with Crippen molar-refractivity contribution in [1.29, 1.82) is 5.26 Å². The largest absolute Gasteiger partial charge is 0.416 e. The van der Waals surface area contributed by atoms with Crippen LogP contribution in [0.25, 0.3) is 11.4 Å². The van der Waals surface area contributed by atoms with Crippen LogP contribution in [-0.4, -0.2) is 21.4 Å². The van der Waals surface area contributed by atoms with Crippen molar-refractivity contribution in [2.75, 3.05) is 0 Å². The Kier molecular flexibility index (Phi) is 4.23. The van der Waals surface area contributed by atoms with Crippen LogP contribution in [-0.2, 0) is 12.6 Å². The van der Waals surface area contributed by atoms with Crippen LogP contribution >= 0.6 is 0 Å². The molecule has 1 aromatic carbocycles. The van der Waals surface area contributed by atoms with E-state index in [2.05, 4.69) is 10.1 Å². The van der Waals surface area contributed by atoms with Gasteiger partial charge < -0.3 is 9.63 Å². The van der Waals surface area contributed by atoms with E-state index in [4.69, 9.17) is 9.78 Å². The van der Waals surface area contributed by atoms with Crippen LogP contribution in [0.3, 0.4) is 0 Å². The summed E-state index contributed by atoms with van der Waals surface area (Å²) >= 11 is 0. The number of rotatable bonds is 4. The maximum atomic E-state index is 12.6. The van der Waals surface area contributed by atoms with Gasteiger partial charge >= 0.3 is 6.18 Å². The maximum Gasteiger partial charge on any atom is 0.416 e. The van der Waals surface area contributed by atoms with Crippen molar-refractivity contribution in [3.8, 4) is 17.5 Å². The van der Waals surface area contributed by atoms with Gasteiger partial charge in [-0.2, -0.15) is 23.4 Å². The van der Waals surface area contributed by atoms with Gasteiger partial charge in [0, 0.05) is 5.56 Å². The number of nitrogens with zero attached hydrogens (tertiary/aromatic N) is 3. The lowest BCUT2D eigenvalue weighted by molar-refractivity contribution is -0.137. The van der Waals surface area contributed by atoms with E-state index in [9.17, 15) is 18.3 Å². The van der Waals surface area contributed by atoms with Crippen LogP contribution in [0.1, 0.15) is 17.9 Å². The SMILES string of the molecule is N#CCC(O)Cc1nc(-c2cccc(C(F)(F)F)c2)no1. The van der Waals surface area contributed by atoms with Gasteiger partial charge in [-0.05, 0) is 12.1 Å².